The summed E-state index contributed by atoms with van der Waals surface area (Å²) in [5, 5.41) is 4.65. The van der Waals surface area contributed by atoms with Crippen LogP contribution in [0.25, 0.3) is 17.0 Å². The lowest BCUT2D eigenvalue weighted by atomic mass is 10.0. The number of hydrazone groups is 1. The minimum Gasteiger partial charge on any atom is -0.423 e. The summed E-state index contributed by atoms with van der Waals surface area (Å²) >= 11 is 0. The van der Waals surface area contributed by atoms with Crippen LogP contribution in [-0.4, -0.2) is 11.6 Å². The number of nitrogens with zero attached hydrogens (tertiary/aromatic N) is 1. The van der Waals surface area contributed by atoms with E-state index in [2.05, 4.69) is 10.5 Å². The fourth-order valence-corrected chi connectivity index (χ4v) is 2.16. The highest BCUT2D eigenvalue weighted by molar-refractivity contribution is 6.27. The molecule has 1 aromatic carbocycles. The van der Waals surface area contributed by atoms with Gasteiger partial charge >= 0.3 is 5.63 Å². The summed E-state index contributed by atoms with van der Waals surface area (Å²) in [6.45, 7) is 3.66. The molecule has 3 rings (SSSR count). The molecule has 0 radical (unpaired) electrons. The number of carbonyl (C=O) groups excluding carboxylic acids is 1. The van der Waals surface area contributed by atoms with E-state index >= 15 is 0 Å². The van der Waals surface area contributed by atoms with Gasteiger partial charge in [0.2, 0.25) is 0 Å². The second-order valence-electron chi connectivity index (χ2n) is 4.72. The lowest BCUT2D eigenvalue weighted by Gasteiger charge is -2.03. The molecule has 1 N–H and O–H groups in total. The van der Waals surface area contributed by atoms with Gasteiger partial charge in [0.15, 0.2) is 0 Å². The predicted octanol–water partition coefficient (Wildman–Crippen LogP) is 1.99. The molecule has 0 fully saturated rings. The van der Waals surface area contributed by atoms with Crippen LogP contribution in [0.2, 0.25) is 0 Å². The maximum Gasteiger partial charge on any atom is 0.336 e. The number of aryl methyl sites for hydroxylation is 1. The van der Waals surface area contributed by atoms with Crippen LogP contribution >= 0.6 is 0 Å². The molecule has 0 unspecified atom stereocenters. The highest BCUT2D eigenvalue weighted by Gasteiger charge is 2.19. The number of rotatable bonds is 1. The van der Waals surface area contributed by atoms with Crippen molar-refractivity contribution in [1.82, 2.24) is 5.43 Å². The van der Waals surface area contributed by atoms with Crippen molar-refractivity contribution >= 4 is 28.7 Å². The van der Waals surface area contributed by atoms with E-state index in [1.807, 2.05) is 19.1 Å². The monoisotopic (exact) mass is 268 g/mol. The predicted molar refractivity (Wildman–Crippen MR) is 76.4 cm³/mol. The zero-order valence-electron chi connectivity index (χ0n) is 11.1. The van der Waals surface area contributed by atoms with E-state index in [-0.39, 0.29) is 5.91 Å². The summed E-state index contributed by atoms with van der Waals surface area (Å²) in [5.74, 6) is -0.268. The van der Waals surface area contributed by atoms with Crippen molar-refractivity contribution in [2.24, 2.45) is 5.10 Å². The van der Waals surface area contributed by atoms with Gasteiger partial charge in [0.1, 0.15) is 5.58 Å². The quantitative estimate of drug-likeness (QED) is 0.635. The van der Waals surface area contributed by atoms with Gasteiger partial charge in [0.25, 0.3) is 5.91 Å². The third-order valence-electron chi connectivity index (χ3n) is 3.19. The lowest BCUT2D eigenvalue weighted by Crippen LogP contribution is -2.12. The fourth-order valence-electron chi connectivity index (χ4n) is 2.16. The van der Waals surface area contributed by atoms with Crippen molar-refractivity contribution in [3.63, 3.8) is 0 Å². The molecule has 0 aliphatic carbocycles. The molecule has 0 spiro atoms. The summed E-state index contributed by atoms with van der Waals surface area (Å²) in [5.41, 5.74) is 5.17. The second kappa shape index (κ2) is 4.45. The Bertz CT molecular complexity index is 844. The zero-order valence-corrected chi connectivity index (χ0v) is 11.1. The average Bonchev–Trinajstić information content (AvgIpc) is 2.69. The van der Waals surface area contributed by atoms with Crippen molar-refractivity contribution in [2.75, 3.05) is 0 Å². The Morgan fingerprint density at radius 3 is 2.70 bits per heavy atom. The van der Waals surface area contributed by atoms with E-state index in [1.54, 1.807) is 19.1 Å². The number of hydrogen-bond acceptors (Lipinski definition) is 4. The largest absolute Gasteiger partial charge is 0.423 e. The molecule has 0 bridgehead atoms. The smallest absolute Gasteiger partial charge is 0.336 e. The van der Waals surface area contributed by atoms with Gasteiger partial charge in [-0.2, -0.15) is 5.10 Å². The average molecular weight is 268 g/mol. The maximum absolute atomic E-state index is 11.7. The minimum atomic E-state index is -0.442. The van der Waals surface area contributed by atoms with Crippen LogP contribution < -0.4 is 11.1 Å². The summed E-state index contributed by atoms with van der Waals surface area (Å²) in [6.07, 6.45) is 1.66. The Balaban J connectivity index is 2.27. The van der Waals surface area contributed by atoms with E-state index in [0.717, 1.165) is 10.9 Å². The molecule has 0 saturated heterocycles. The number of carbonyl (C=O) groups is 1. The van der Waals surface area contributed by atoms with Crippen LogP contribution in [0.3, 0.4) is 0 Å². The Labute approximate surface area is 114 Å². The molecule has 5 nitrogen and oxygen atoms in total. The number of benzene rings is 1. The van der Waals surface area contributed by atoms with Crippen LogP contribution in [0.5, 0.6) is 0 Å². The van der Waals surface area contributed by atoms with E-state index in [1.165, 1.54) is 6.07 Å². The number of hydrogen-bond donors (Lipinski definition) is 1. The molecule has 20 heavy (non-hydrogen) atoms. The number of nitrogens with one attached hydrogen (secondary N) is 1. The highest BCUT2D eigenvalue weighted by Crippen LogP contribution is 2.21. The summed E-state index contributed by atoms with van der Waals surface area (Å²) in [6, 6.07) is 6.98. The third kappa shape index (κ3) is 2.03. The normalized spacial score (nSPS) is 16.6. The number of fused-ring (bicyclic) bond motifs is 1. The van der Waals surface area contributed by atoms with Gasteiger partial charge in [-0.3, -0.25) is 4.79 Å². The van der Waals surface area contributed by atoms with Crippen LogP contribution in [0.1, 0.15) is 18.1 Å². The standard InChI is InChI=1S/C15H12N2O3/c1-8-3-4-11-10(7-14(18)20-13(11)5-8)6-12-9(2)16-17-15(12)19/h3-7H,1-2H3,(H,17,19)/b12-6-. The van der Waals surface area contributed by atoms with Crippen LogP contribution in [0.4, 0.5) is 0 Å². The first-order valence-electron chi connectivity index (χ1n) is 6.16. The zero-order chi connectivity index (χ0) is 14.3. The van der Waals surface area contributed by atoms with Gasteiger partial charge in [-0.25, -0.2) is 10.2 Å². The van der Waals surface area contributed by atoms with Crippen molar-refractivity contribution in [3.8, 4) is 0 Å². The molecular formula is C15H12N2O3. The van der Waals surface area contributed by atoms with Crippen LogP contribution in [0, 0.1) is 6.92 Å². The van der Waals surface area contributed by atoms with Crippen molar-refractivity contribution < 1.29 is 9.21 Å². The SMILES string of the molecule is CC1=NNC(=O)/C1=C\c1cc(=O)oc2cc(C)ccc12. The molecular weight excluding hydrogens is 256 g/mol. The van der Waals surface area contributed by atoms with E-state index in [4.69, 9.17) is 4.42 Å². The Kier molecular flexibility index (Phi) is 2.75. The van der Waals surface area contributed by atoms with Crippen molar-refractivity contribution in [3.05, 3.63) is 51.4 Å². The molecule has 0 atom stereocenters. The van der Waals surface area contributed by atoms with Gasteiger partial charge in [-0.15, -0.1) is 0 Å². The van der Waals surface area contributed by atoms with Crippen LogP contribution in [0.15, 0.2) is 44.2 Å². The molecule has 2 aromatic rings. The first-order chi connectivity index (χ1) is 9.54. The third-order valence-corrected chi connectivity index (χ3v) is 3.19. The molecule has 2 heterocycles. The van der Waals surface area contributed by atoms with Crippen molar-refractivity contribution in [2.45, 2.75) is 13.8 Å². The van der Waals surface area contributed by atoms with E-state index < -0.39 is 5.63 Å². The Morgan fingerprint density at radius 1 is 1.20 bits per heavy atom. The Morgan fingerprint density at radius 2 is 2.00 bits per heavy atom. The first-order valence-corrected chi connectivity index (χ1v) is 6.16. The topological polar surface area (TPSA) is 71.7 Å². The first kappa shape index (κ1) is 12.3. The molecule has 1 amide bonds. The lowest BCUT2D eigenvalue weighted by molar-refractivity contribution is -0.116. The maximum atomic E-state index is 11.7. The van der Waals surface area contributed by atoms with E-state index in [9.17, 15) is 9.59 Å². The summed E-state index contributed by atoms with van der Waals surface area (Å²) < 4.78 is 5.19. The minimum absolute atomic E-state index is 0.268. The van der Waals surface area contributed by atoms with E-state index in [0.29, 0.717) is 22.4 Å². The van der Waals surface area contributed by atoms with Gasteiger partial charge < -0.3 is 4.42 Å². The Hall–Kier alpha value is -2.69. The van der Waals surface area contributed by atoms with Crippen LogP contribution in [-0.2, 0) is 4.79 Å². The van der Waals surface area contributed by atoms with Gasteiger partial charge in [-0.1, -0.05) is 12.1 Å². The number of amides is 1. The molecule has 1 aliphatic heterocycles. The summed E-state index contributed by atoms with van der Waals surface area (Å²) in [7, 11) is 0. The van der Waals surface area contributed by atoms with Gasteiger partial charge in [0.05, 0.1) is 11.3 Å². The fraction of sp³-hybridized carbons (Fsp3) is 0.133. The molecule has 1 aromatic heterocycles. The molecule has 100 valence electrons. The highest BCUT2D eigenvalue weighted by atomic mass is 16.4. The molecule has 5 heteroatoms. The van der Waals surface area contributed by atoms with Gasteiger partial charge in [0, 0.05) is 11.5 Å². The second-order valence-corrected chi connectivity index (χ2v) is 4.72. The molecule has 0 saturated carbocycles. The van der Waals surface area contributed by atoms with Gasteiger partial charge in [-0.05, 0) is 37.1 Å². The summed E-state index contributed by atoms with van der Waals surface area (Å²) in [4.78, 5) is 23.3. The van der Waals surface area contributed by atoms with Crippen molar-refractivity contribution in [1.29, 1.82) is 0 Å². The molecule has 1 aliphatic rings.